The van der Waals surface area contributed by atoms with Crippen molar-refractivity contribution in [2.75, 3.05) is 9.80 Å². The molecule has 1 aliphatic rings. The molecule has 0 saturated heterocycles. The molecule has 22 rings (SSSR count). The van der Waals surface area contributed by atoms with Crippen molar-refractivity contribution in [3.63, 3.8) is 0 Å². The van der Waals surface area contributed by atoms with Crippen LogP contribution in [0.3, 0.4) is 0 Å². The van der Waals surface area contributed by atoms with Gasteiger partial charge in [0.25, 0.3) is 0 Å². The van der Waals surface area contributed by atoms with Crippen molar-refractivity contribution in [3.05, 3.63) is 430 Å². The zero-order valence-corrected chi connectivity index (χ0v) is 65.4. The zero-order valence-electron chi connectivity index (χ0n) is 63.8. The maximum atomic E-state index is 2.60. The van der Waals surface area contributed by atoms with Crippen LogP contribution in [0.25, 0.3) is 173 Å². The number of anilines is 5. The summed E-state index contributed by atoms with van der Waals surface area (Å²) in [4.78, 5) is 5.06. The first-order valence-corrected chi connectivity index (χ1v) is 41.7. The molecule has 18 aromatic carbocycles. The molecule has 0 bridgehead atoms. The fourth-order valence-electron chi connectivity index (χ4n) is 18.4. The van der Waals surface area contributed by atoms with E-state index in [2.05, 4.69) is 440 Å². The molecule has 5 heteroatoms. The Hall–Kier alpha value is -14.2. The monoisotopic (exact) mass is 1510 g/mol. The average Bonchev–Trinajstić information content (AvgIpc) is 1.70. The van der Waals surface area contributed by atoms with E-state index in [4.69, 9.17) is 0 Å². The summed E-state index contributed by atoms with van der Waals surface area (Å²) in [5.74, 6) is 0.180. The summed E-state index contributed by atoms with van der Waals surface area (Å²) in [6.07, 6.45) is 5.71. The van der Waals surface area contributed by atoms with Gasteiger partial charge in [-0.15, -0.1) is 22.7 Å². The standard InChI is InChI=1S/C111H75N3S2/c1-72-26-17-45-94(98-49-24-47-96-92-41-10-16-57-106(92)115-109(96)98)108(72)113(104-55-14-15-56-105(104)114-102-53-12-7-38-89(102)90-39-8-13-54-103(90)114)84-68-64-77(65-69-84)80-33-18-34-81(70-80)88-43-21-31-79-32-22-44-93(107(79)88)97-48-25-51-100-99-50-23-46-95(110(99)116-111(97)100)91-40-9-11-52-101(91)112(85-36-19-35-82(71-85)87-42-20-30-78-29-5-6-37-86(78)87)83-66-62-76(63-67-83)75-60-58-74(59-61-75)73-27-3-2-4-28-73/h2-25,27-72H,26H2,1H3. The van der Waals surface area contributed by atoms with E-state index in [0.29, 0.717) is 0 Å². The smallest absolute Gasteiger partial charge is 0.0702 e. The van der Waals surface area contributed by atoms with Gasteiger partial charge in [-0.1, -0.05) is 347 Å². The minimum absolute atomic E-state index is 0.180. The lowest BCUT2D eigenvalue weighted by Crippen LogP contribution is -2.25. The zero-order chi connectivity index (χ0) is 76.7. The second kappa shape index (κ2) is 28.8. The van der Waals surface area contributed by atoms with Crippen LogP contribution in [0.5, 0.6) is 0 Å². The van der Waals surface area contributed by atoms with Crippen LogP contribution in [0.2, 0.25) is 0 Å². The first-order chi connectivity index (χ1) is 57.5. The lowest BCUT2D eigenvalue weighted by molar-refractivity contribution is 0.674. The summed E-state index contributed by atoms with van der Waals surface area (Å²) in [6.45, 7) is 2.41. The molecule has 0 radical (unpaired) electrons. The third kappa shape index (κ3) is 11.8. The van der Waals surface area contributed by atoms with Gasteiger partial charge in [0.1, 0.15) is 0 Å². The lowest BCUT2D eigenvalue weighted by Gasteiger charge is -2.36. The number of para-hydroxylation sites is 5. The molecular weight excluding hydrogens is 1440 g/mol. The van der Waals surface area contributed by atoms with Crippen molar-refractivity contribution in [2.24, 2.45) is 5.92 Å². The van der Waals surface area contributed by atoms with Crippen LogP contribution in [0.4, 0.5) is 28.4 Å². The maximum absolute atomic E-state index is 2.60. The maximum Gasteiger partial charge on any atom is 0.0702 e. The van der Waals surface area contributed by atoms with E-state index < -0.39 is 0 Å². The number of rotatable bonds is 15. The predicted octanol–water partition coefficient (Wildman–Crippen LogP) is 32.1. The Morgan fingerprint density at radius 3 is 1.42 bits per heavy atom. The lowest BCUT2D eigenvalue weighted by atomic mass is 9.87. The van der Waals surface area contributed by atoms with Crippen LogP contribution in [0, 0.1) is 5.92 Å². The predicted molar refractivity (Wildman–Crippen MR) is 499 cm³/mol. The second-order valence-electron chi connectivity index (χ2n) is 30.5. The van der Waals surface area contributed by atoms with Gasteiger partial charge in [-0.25, -0.2) is 0 Å². The van der Waals surface area contributed by atoms with Gasteiger partial charge in [0, 0.05) is 108 Å². The van der Waals surface area contributed by atoms with Gasteiger partial charge in [-0.05, 0) is 168 Å². The highest BCUT2D eigenvalue weighted by Crippen LogP contribution is 2.53. The third-order valence-corrected chi connectivity index (χ3v) is 26.3. The van der Waals surface area contributed by atoms with Crippen LogP contribution in [-0.2, 0) is 0 Å². The largest absolute Gasteiger partial charge is 0.311 e. The molecule has 3 nitrogen and oxygen atoms in total. The van der Waals surface area contributed by atoms with Gasteiger partial charge < -0.3 is 14.4 Å². The highest BCUT2D eigenvalue weighted by atomic mass is 32.1. The average molecular weight is 1510 g/mol. The molecular formula is C111H75N3S2. The van der Waals surface area contributed by atoms with Crippen LogP contribution >= 0.6 is 22.7 Å². The third-order valence-electron chi connectivity index (χ3n) is 23.8. The molecule has 0 spiro atoms. The topological polar surface area (TPSA) is 11.4 Å². The van der Waals surface area contributed by atoms with Gasteiger partial charge in [-0.2, -0.15) is 0 Å². The molecule has 116 heavy (non-hydrogen) atoms. The van der Waals surface area contributed by atoms with Crippen molar-refractivity contribution in [3.8, 4) is 83.6 Å². The van der Waals surface area contributed by atoms with Gasteiger partial charge >= 0.3 is 0 Å². The summed E-state index contributed by atoms with van der Waals surface area (Å²) < 4.78 is 7.62. The minimum atomic E-state index is 0.180. The van der Waals surface area contributed by atoms with Gasteiger partial charge in [0.2, 0.25) is 0 Å². The summed E-state index contributed by atoms with van der Waals surface area (Å²) in [5.41, 5.74) is 29.3. The van der Waals surface area contributed by atoms with Gasteiger partial charge in [0.05, 0.1) is 28.1 Å². The molecule has 0 N–H and O–H groups in total. The quantitative estimate of drug-likeness (QED) is 0.101. The summed E-state index contributed by atoms with van der Waals surface area (Å²) in [5, 5.41) is 12.5. The molecule has 546 valence electrons. The molecule has 0 fully saturated rings. The van der Waals surface area contributed by atoms with Crippen LogP contribution in [0.1, 0.15) is 18.9 Å². The van der Waals surface area contributed by atoms with E-state index in [1.807, 2.05) is 22.7 Å². The number of aromatic nitrogens is 1. The number of hydrogen-bond acceptors (Lipinski definition) is 4. The van der Waals surface area contributed by atoms with Crippen LogP contribution < -0.4 is 9.80 Å². The summed E-state index contributed by atoms with van der Waals surface area (Å²) >= 11 is 3.81. The molecule has 1 unspecified atom stereocenters. The molecule has 1 aliphatic carbocycles. The van der Waals surface area contributed by atoms with E-state index >= 15 is 0 Å². The highest BCUT2D eigenvalue weighted by Gasteiger charge is 2.31. The number of fused-ring (bicyclic) bond motifs is 11. The van der Waals surface area contributed by atoms with Gasteiger partial charge in [0.15, 0.2) is 0 Å². The molecule has 0 saturated carbocycles. The molecule has 1 atom stereocenters. The van der Waals surface area contributed by atoms with Crippen LogP contribution in [0.15, 0.2) is 424 Å². The second-order valence-corrected chi connectivity index (χ2v) is 32.6. The first kappa shape index (κ1) is 68.6. The van der Waals surface area contributed by atoms with E-state index in [1.165, 1.54) is 151 Å². The number of thiophene rings is 2. The number of hydrogen-bond donors (Lipinski definition) is 0. The number of allylic oxidation sites excluding steroid dienone is 4. The molecule has 21 aromatic rings. The van der Waals surface area contributed by atoms with E-state index in [1.54, 1.807) is 0 Å². The Labute approximate surface area is 682 Å². The van der Waals surface area contributed by atoms with Gasteiger partial charge in [-0.3, -0.25) is 0 Å². The molecule has 3 heterocycles. The number of benzene rings is 18. The molecule has 0 amide bonds. The van der Waals surface area contributed by atoms with E-state index in [-0.39, 0.29) is 5.92 Å². The SMILES string of the molecule is CC1CC=CC(c2cccc3c2sc2ccccc23)=C1N(c1ccc(-c2cccc(-c3cccc4cccc(-c5cccc6c5sc5c(-c7ccccc7N(c7ccc(-c8ccc(-c9ccccc9)cc8)cc7)c7cccc(-c8cccc9ccccc89)c7)cccc56)c34)c2)cc1)c1ccccc1-n1c2ccccc2c2ccccc21. The Bertz CT molecular complexity index is 7440. The highest BCUT2D eigenvalue weighted by molar-refractivity contribution is 7.27. The fourth-order valence-corrected chi connectivity index (χ4v) is 21.0. The van der Waals surface area contributed by atoms with Crippen molar-refractivity contribution in [2.45, 2.75) is 13.3 Å². The van der Waals surface area contributed by atoms with Crippen LogP contribution in [-0.4, -0.2) is 4.57 Å². The van der Waals surface area contributed by atoms with Crippen molar-refractivity contribution >= 4 is 140 Å². The fraction of sp³-hybridized carbons (Fsp3) is 0.0270. The first-order valence-electron chi connectivity index (χ1n) is 40.1. The number of nitrogens with zero attached hydrogens (tertiary/aromatic N) is 3. The molecule has 3 aromatic heterocycles. The normalized spacial score (nSPS) is 13.0. The Kier molecular flexibility index (Phi) is 17.0. The van der Waals surface area contributed by atoms with Crippen molar-refractivity contribution < 1.29 is 0 Å². The summed E-state index contributed by atoms with van der Waals surface area (Å²) in [7, 11) is 0. The van der Waals surface area contributed by atoms with E-state index in [0.717, 1.165) is 68.4 Å². The van der Waals surface area contributed by atoms with Crippen molar-refractivity contribution in [1.82, 2.24) is 4.57 Å². The minimum Gasteiger partial charge on any atom is -0.311 e. The van der Waals surface area contributed by atoms with Crippen molar-refractivity contribution in [1.29, 1.82) is 0 Å². The Balaban J connectivity index is 0.646. The van der Waals surface area contributed by atoms with E-state index in [9.17, 15) is 0 Å². The Morgan fingerprint density at radius 1 is 0.276 bits per heavy atom. The summed E-state index contributed by atoms with van der Waals surface area (Å²) in [6, 6.07) is 151. The Morgan fingerprint density at radius 2 is 0.716 bits per heavy atom. The molecule has 0 aliphatic heterocycles.